The van der Waals surface area contributed by atoms with Crippen LogP contribution in [0.5, 0.6) is 11.5 Å². The maximum Gasteiger partial charge on any atom is 0.513 e. The number of rotatable bonds is 5. The number of aromatic nitrogens is 1. The maximum atomic E-state index is 11.8. The Bertz CT molecular complexity index is 785. The van der Waals surface area contributed by atoms with E-state index in [2.05, 4.69) is 15.0 Å². The fourth-order valence-corrected chi connectivity index (χ4v) is 2.77. The van der Waals surface area contributed by atoms with Crippen LogP contribution >= 0.6 is 11.3 Å². The van der Waals surface area contributed by atoms with Gasteiger partial charge in [-0.05, 0) is 19.1 Å². The number of amides is 1. The van der Waals surface area contributed by atoms with E-state index in [1.54, 1.807) is 38.3 Å². The first kappa shape index (κ1) is 18.7. The summed E-state index contributed by atoms with van der Waals surface area (Å²) in [5.74, 6) is 0.621. The van der Waals surface area contributed by atoms with Crippen molar-refractivity contribution in [1.29, 1.82) is 0 Å². The molecule has 1 N–H and O–H groups in total. The zero-order valence-corrected chi connectivity index (χ0v) is 15.5. The monoisotopic (exact) mass is 364 g/mol. The van der Waals surface area contributed by atoms with E-state index in [4.69, 9.17) is 9.47 Å². The van der Waals surface area contributed by atoms with Crippen molar-refractivity contribution in [3.05, 3.63) is 23.1 Å². The minimum atomic E-state index is -0.832. The molecule has 0 radical (unpaired) electrons. The van der Waals surface area contributed by atoms with Crippen LogP contribution in [0.2, 0.25) is 0 Å². The van der Waals surface area contributed by atoms with Crippen molar-refractivity contribution < 1.29 is 23.8 Å². The third kappa shape index (κ3) is 4.27. The second-order valence-corrected chi connectivity index (χ2v) is 6.37. The lowest BCUT2D eigenvalue weighted by atomic mass is 10.1. The van der Waals surface area contributed by atoms with Crippen LogP contribution in [0.1, 0.15) is 19.4 Å². The van der Waals surface area contributed by atoms with E-state index in [9.17, 15) is 9.59 Å². The molecule has 0 aliphatic rings. The Morgan fingerprint density at radius 3 is 2.56 bits per heavy atom. The molecule has 1 aromatic heterocycles. The smallest absolute Gasteiger partial charge is 0.496 e. The van der Waals surface area contributed by atoms with E-state index < -0.39 is 6.16 Å². The molecule has 7 nitrogen and oxygen atoms in total. The molecule has 0 saturated heterocycles. The second-order valence-electron chi connectivity index (χ2n) is 5.51. The van der Waals surface area contributed by atoms with Gasteiger partial charge in [-0.15, -0.1) is 11.3 Å². The molecule has 0 atom stereocenters. The molecule has 1 amide bonds. The molecular weight excluding hydrogens is 344 g/mol. The van der Waals surface area contributed by atoms with E-state index in [1.165, 1.54) is 25.6 Å². The summed E-state index contributed by atoms with van der Waals surface area (Å²) in [7, 11) is 2.77. The predicted octanol–water partition coefficient (Wildman–Crippen LogP) is 3.87. The highest BCUT2D eigenvalue weighted by Crippen LogP contribution is 2.39. The van der Waals surface area contributed by atoms with Crippen LogP contribution in [-0.2, 0) is 9.53 Å². The molecule has 1 aromatic carbocycles. The van der Waals surface area contributed by atoms with Gasteiger partial charge < -0.3 is 19.5 Å². The van der Waals surface area contributed by atoms with Gasteiger partial charge in [-0.2, -0.15) is 0 Å². The number of carbonyl (C=O) groups is 2. The summed E-state index contributed by atoms with van der Waals surface area (Å²) in [5, 5.41) is 5.01. The molecule has 134 valence electrons. The van der Waals surface area contributed by atoms with Gasteiger partial charge in [-0.25, -0.2) is 9.78 Å². The highest BCUT2D eigenvalue weighted by molar-refractivity contribution is 7.14. The summed E-state index contributed by atoms with van der Waals surface area (Å²) in [6, 6.07) is 3.51. The Morgan fingerprint density at radius 2 is 1.96 bits per heavy atom. The average molecular weight is 364 g/mol. The Morgan fingerprint density at radius 1 is 1.24 bits per heavy atom. The molecule has 1 heterocycles. The van der Waals surface area contributed by atoms with Crippen LogP contribution in [0.15, 0.2) is 17.5 Å². The Balaban J connectivity index is 2.41. The van der Waals surface area contributed by atoms with Gasteiger partial charge in [0.1, 0.15) is 5.75 Å². The van der Waals surface area contributed by atoms with Crippen molar-refractivity contribution in [2.24, 2.45) is 5.92 Å². The number of thiazole rings is 1. The lowest BCUT2D eigenvalue weighted by Gasteiger charge is -2.13. The van der Waals surface area contributed by atoms with Gasteiger partial charge in [0.25, 0.3) is 0 Å². The number of nitrogens with one attached hydrogen (secondary N) is 1. The fraction of sp³-hybridized carbons (Fsp3) is 0.353. The normalized spacial score (nSPS) is 10.5. The molecule has 0 aliphatic carbocycles. The lowest BCUT2D eigenvalue weighted by Crippen LogP contribution is -2.17. The zero-order valence-electron chi connectivity index (χ0n) is 14.7. The van der Waals surface area contributed by atoms with Crippen molar-refractivity contribution in [2.75, 3.05) is 19.5 Å². The number of carbonyl (C=O) groups excluding carboxylic acids is 2. The van der Waals surface area contributed by atoms with Gasteiger partial charge in [0, 0.05) is 22.4 Å². The van der Waals surface area contributed by atoms with Crippen molar-refractivity contribution in [3.8, 4) is 22.8 Å². The molecule has 0 saturated carbocycles. The first-order valence-electron chi connectivity index (χ1n) is 7.57. The molecule has 2 aromatic rings. The van der Waals surface area contributed by atoms with Crippen molar-refractivity contribution in [3.63, 3.8) is 0 Å². The molecule has 0 fully saturated rings. The second kappa shape index (κ2) is 7.98. The van der Waals surface area contributed by atoms with Crippen LogP contribution in [0, 0.1) is 12.8 Å². The molecule has 8 heteroatoms. The fourth-order valence-electron chi connectivity index (χ4n) is 2.06. The highest BCUT2D eigenvalue weighted by atomic mass is 32.1. The minimum absolute atomic E-state index is 0.113. The topological polar surface area (TPSA) is 86.8 Å². The van der Waals surface area contributed by atoms with Gasteiger partial charge in [-0.3, -0.25) is 4.79 Å². The van der Waals surface area contributed by atoms with E-state index in [-0.39, 0.29) is 11.8 Å². The van der Waals surface area contributed by atoms with Gasteiger partial charge in [-0.1, -0.05) is 13.8 Å². The standard InChI is InChI=1S/C17H20N2O5S/c1-9(2)15(20)19-16-18-12(8-25-16)11-6-7-13(22-4)10(3)14(11)24-17(21)23-5/h6-9H,1-5H3,(H,18,19,20). The number of methoxy groups -OCH3 is 2. The molecule has 2 rings (SSSR count). The summed E-state index contributed by atoms with van der Waals surface area (Å²) < 4.78 is 15.1. The largest absolute Gasteiger partial charge is 0.513 e. The summed E-state index contributed by atoms with van der Waals surface area (Å²) in [4.78, 5) is 27.8. The lowest BCUT2D eigenvalue weighted by molar-refractivity contribution is -0.118. The predicted molar refractivity (Wildman–Crippen MR) is 95.3 cm³/mol. The SMILES string of the molecule is COC(=O)Oc1c(-c2csc(NC(=O)C(C)C)n2)ccc(OC)c1C. The van der Waals surface area contributed by atoms with Crippen LogP contribution in [0.4, 0.5) is 9.93 Å². The Kier molecular flexibility index (Phi) is 5.97. The first-order valence-corrected chi connectivity index (χ1v) is 8.45. The molecule has 0 spiro atoms. The Hall–Kier alpha value is -2.61. The van der Waals surface area contributed by atoms with E-state index in [0.29, 0.717) is 33.5 Å². The van der Waals surface area contributed by atoms with Gasteiger partial charge in [0.2, 0.25) is 5.91 Å². The first-order chi connectivity index (χ1) is 11.9. The number of anilines is 1. The van der Waals surface area contributed by atoms with E-state index >= 15 is 0 Å². The third-order valence-corrected chi connectivity index (χ3v) is 4.22. The molecule has 0 unspecified atom stereocenters. The van der Waals surface area contributed by atoms with Crippen LogP contribution in [0.3, 0.4) is 0 Å². The summed E-state index contributed by atoms with van der Waals surface area (Å²) in [6.45, 7) is 5.38. The van der Waals surface area contributed by atoms with Gasteiger partial charge in [0.15, 0.2) is 10.9 Å². The van der Waals surface area contributed by atoms with Crippen LogP contribution in [0.25, 0.3) is 11.3 Å². The van der Waals surface area contributed by atoms with Crippen LogP contribution < -0.4 is 14.8 Å². The molecule has 25 heavy (non-hydrogen) atoms. The maximum absolute atomic E-state index is 11.8. The quantitative estimate of drug-likeness (QED) is 0.640. The van der Waals surface area contributed by atoms with Crippen LogP contribution in [-0.4, -0.2) is 31.3 Å². The molecule has 0 bridgehead atoms. The van der Waals surface area contributed by atoms with Crippen molar-refractivity contribution in [2.45, 2.75) is 20.8 Å². The summed E-state index contributed by atoms with van der Waals surface area (Å²) >= 11 is 1.29. The Labute approximate surface area is 149 Å². The zero-order chi connectivity index (χ0) is 18.6. The number of hydrogen-bond donors (Lipinski definition) is 1. The summed E-state index contributed by atoms with van der Waals surface area (Å²) in [6.07, 6.45) is -0.832. The molecular formula is C17H20N2O5S. The number of ether oxygens (including phenoxy) is 3. The van der Waals surface area contributed by atoms with Crippen molar-refractivity contribution in [1.82, 2.24) is 4.98 Å². The average Bonchev–Trinajstić information content (AvgIpc) is 3.04. The number of hydrogen-bond acceptors (Lipinski definition) is 7. The van der Waals surface area contributed by atoms with Gasteiger partial charge in [0.05, 0.1) is 19.9 Å². The van der Waals surface area contributed by atoms with E-state index in [1.807, 2.05) is 0 Å². The summed E-state index contributed by atoms with van der Waals surface area (Å²) in [5.41, 5.74) is 1.82. The highest BCUT2D eigenvalue weighted by Gasteiger charge is 2.19. The number of benzene rings is 1. The minimum Gasteiger partial charge on any atom is -0.496 e. The van der Waals surface area contributed by atoms with E-state index in [0.717, 1.165) is 0 Å². The molecule has 0 aliphatic heterocycles. The van der Waals surface area contributed by atoms with Gasteiger partial charge >= 0.3 is 6.16 Å². The number of nitrogens with zero attached hydrogens (tertiary/aromatic N) is 1. The van der Waals surface area contributed by atoms with Crippen molar-refractivity contribution >= 4 is 28.5 Å². The third-order valence-electron chi connectivity index (χ3n) is 3.46.